The lowest BCUT2D eigenvalue weighted by molar-refractivity contribution is -0.141. The van der Waals surface area contributed by atoms with Gasteiger partial charge >= 0.3 is 5.97 Å². The molecule has 3 atom stereocenters. The molecule has 2 rings (SSSR count). The summed E-state index contributed by atoms with van der Waals surface area (Å²) in [6.07, 6.45) is 6.45. The summed E-state index contributed by atoms with van der Waals surface area (Å²) in [5.41, 5.74) is 7.15. The van der Waals surface area contributed by atoms with E-state index in [1.54, 1.807) is 6.20 Å². The topological polar surface area (TPSA) is 208 Å². The Kier molecular flexibility index (Phi) is 9.54. The van der Waals surface area contributed by atoms with Gasteiger partial charge in [-0.15, -0.1) is 0 Å². The number of carbonyl (C=O) groups excluding carboxylic acids is 3. The fourth-order valence-electron chi connectivity index (χ4n) is 3.06. The van der Waals surface area contributed by atoms with Gasteiger partial charge in [0.05, 0.1) is 25.2 Å². The minimum absolute atomic E-state index is 0.00920. The summed E-state index contributed by atoms with van der Waals surface area (Å²) >= 11 is 0. The average Bonchev–Trinajstić information content (AvgIpc) is 3.44. The maximum absolute atomic E-state index is 12.6. The van der Waals surface area contributed by atoms with Crippen molar-refractivity contribution in [2.45, 2.75) is 51.2 Å². The molecule has 0 radical (unpaired) electrons. The highest BCUT2D eigenvalue weighted by atomic mass is 16.4. The van der Waals surface area contributed by atoms with Crippen LogP contribution in [0.5, 0.6) is 0 Å². The van der Waals surface area contributed by atoms with Crippen LogP contribution >= 0.6 is 0 Å². The second-order valence-corrected chi connectivity index (χ2v) is 8.04. The molecule has 13 nitrogen and oxygen atoms in total. The molecule has 8 N–H and O–H groups in total. The predicted molar refractivity (Wildman–Crippen MR) is 117 cm³/mol. The highest BCUT2D eigenvalue weighted by Gasteiger charge is 2.26. The van der Waals surface area contributed by atoms with E-state index in [9.17, 15) is 24.3 Å². The van der Waals surface area contributed by atoms with E-state index >= 15 is 0 Å². The second-order valence-electron chi connectivity index (χ2n) is 8.04. The van der Waals surface area contributed by atoms with E-state index in [2.05, 4.69) is 35.9 Å². The van der Waals surface area contributed by atoms with Crippen molar-refractivity contribution < 1.29 is 24.3 Å². The SMILES string of the molecule is CC(C)CC(NC(=O)C(N)Cc1cnc[nH]1)C(=O)NCC(=O)NC(Cc1cnc[nH]1)C(=O)O. The molecule has 0 bridgehead atoms. The first-order valence-electron chi connectivity index (χ1n) is 10.5. The molecule has 0 aliphatic carbocycles. The van der Waals surface area contributed by atoms with Gasteiger partial charge in [-0.2, -0.15) is 0 Å². The Bertz CT molecular complexity index is 913. The van der Waals surface area contributed by atoms with E-state index in [0.717, 1.165) is 0 Å². The zero-order valence-electron chi connectivity index (χ0n) is 18.5. The zero-order chi connectivity index (χ0) is 24.4. The van der Waals surface area contributed by atoms with E-state index < -0.39 is 48.4 Å². The lowest BCUT2D eigenvalue weighted by atomic mass is 10.0. The van der Waals surface area contributed by atoms with Crippen LogP contribution in [0, 0.1) is 5.92 Å². The lowest BCUT2D eigenvalue weighted by Crippen LogP contribution is -2.54. The number of H-pyrrole nitrogens is 2. The molecule has 0 aromatic carbocycles. The molecule has 3 amide bonds. The molecule has 13 heteroatoms. The molecule has 0 aliphatic heterocycles. The number of nitrogens with zero attached hydrogens (tertiary/aromatic N) is 2. The summed E-state index contributed by atoms with van der Waals surface area (Å²) in [7, 11) is 0. The molecule has 2 aromatic heterocycles. The number of rotatable bonds is 13. The van der Waals surface area contributed by atoms with Gasteiger partial charge in [0.15, 0.2) is 0 Å². The molecule has 0 saturated heterocycles. The van der Waals surface area contributed by atoms with Crippen molar-refractivity contribution in [2.24, 2.45) is 11.7 Å². The number of hydrogen-bond acceptors (Lipinski definition) is 7. The van der Waals surface area contributed by atoms with Crippen molar-refractivity contribution in [2.75, 3.05) is 6.54 Å². The van der Waals surface area contributed by atoms with Gasteiger partial charge in [-0.3, -0.25) is 14.4 Å². The van der Waals surface area contributed by atoms with Crippen LogP contribution in [0.4, 0.5) is 0 Å². The summed E-state index contributed by atoms with van der Waals surface area (Å²) < 4.78 is 0. The minimum Gasteiger partial charge on any atom is -0.480 e. The summed E-state index contributed by atoms with van der Waals surface area (Å²) in [5, 5.41) is 16.8. The first kappa shape index (κ1) is 25.5. The Hall–Kier alpha value is -3.74. The van der Waals surface area contributed by atoms with Crippen LogP contribution in [-0.4, -0.2) is 73.4 Å². The lowest BCUT2D eigenvalue weighted by Gasteiger charge is -2.22. The number of aliphatic carboxylic acids is 1. The number of aromatic amines is 2. The molecular weight excluding hydrogens is 432 g/mol. The molecule has 180 valence electrons. The third kappa shape index (κ3) is 8.73. The number of carbonyl (C=O) groups is 4. The van der Waals surface area contributed by atoms with Crippen LogP contribution in [0.3, 0.4) is 0 Å². The number of carboxylic acid groups (broad SMARTS) is 1. The average molecular weight is 463 g/mol. The van der Waals surface area contributed by atoms with Gasteiger partial charge < -0.3 is 36.8 Å². The van der Waals surface area contributed by atoms with Crippen LogP contribution < -0.4 is 21.7 Å². The van der Waals surface area contributed by atoms with Gasteiger partial charge in [0.1, 0.15) is 12.1 Å². The maximum Gasteiger partial charge on any atom is 0.326 e. The summed E-state index contributed by atoms with van der Waals surface area (Å²) in [6.45, 7) is 3.32. The smallest absolute Gasteiger partial charge is 0.326 e. The number of hydrogen-bond donors (Lipinski definition) is 7. The number of carboxylic acids is 1. The zero-order valence-corrected chi connectivity index (χ0v) is 18.5. The quantitative estimate of drug-likeness (QED) is 0.185. The van der Waals surface area contributed by atoms with Crippen molar-refractivity contribution in [3.8, 4) is 0 Å². The van der Waals surface area contributed by atoms with E-state index in [4.69, 9.17) is 5.73 Å². The Morgan fingerprint density at radius 2 is 1.58 bits per heavy atom. The van der Waals surface area contributed by atoms with Crippen molar-refractivity contribution >= 4 is 23.7 Å². The number of imidazole rings is 2. The van der Waals surface area contributed by atoms with Crippen molar-refractivity contribution in [1.29, 1.82) is 0 Å². The molecule has 2 aromatic rings. The Balaban J connectivity index is 1.89. The Morgan fingerprint density at radius 1 is 0.970 bits per heavy atom. The summed E-state index contributed by atoms with van der Waals surface area (Å²) in [5.74, 6) is -2.91. The highest BCUT2D eigenvalue weighted by molar-refractivity contribution is 5.92. The summed E-state index contributed by atoms with van der Waals surface area (Å²) in [4.78, 5) is 62.1. The third-order valence-electron chi connectivity index (χ3n) is 4.71. The van der Waals surface area contributed by atoms with Crippen LogP contribution in [0.1, 0.15) is 31.7 Å². The first-order valence-corrected chi connectivity index (χ1v) is 10.5. The van der Waals surface area contributed by atoms with Gasteiger partial charge in [0.25, 0.3) is 0 Å². The minimum atomic E-state index is -1.22. The molecule has 0 fully saturated rings. The molecule has 0 saturated carbocycles. The fourth-order valence-corrected chi connectivity index (χ4v) is 3.06. The predicted octanol–water partition coefficient (Wildman–Crippen LogP) is -1.54. The number of nitrogens with one attached hydrogen (secondary N) is 5. The third-order valence-corrected chi connectivity index (χ3v) is 4.71. The van der Waals surface area contributed by atoms with E-state index in [1.165, 1.54) is 18.9 Å². The first-order chi connectivity index (χ1) is 15.7. The van der Waals surface area contributed by atoms with E-state index in [1.807, 2.05) is 13.8 Å². The van der Waals surface area contributed by atoms with Crippen molar-refractivity contribution in [1.82, 2.24) is 35.9 Å². The van der Waals surface area contributed by atoms with Crippen molar-refractivity contribution in [3.05, 3.63) is 36.4 Å². The number of nitrogens with two attached hydrogens (primary N) is 1. The molecule has 3 unspecified atom stereocenters. The van der Waals surface area contributed by atoms with Crippen molar-refractivity contribution in [3.63, 3.8) is 0 Å². The molecule has 33 heavy (non-hydrogen) atoms. The molecule has 2 heterocycles. The molecule has 0 aliphatic rings. The van der Waals surface area contributed by atoms with Gasteiger partial charge in [-0.1, -0.05) is 13.8 Å². The van der Waals surface area contributed by atoms with Crippen LogP contribution in [-0.2, 0) is 32.0 Å². The monoisotopic (exact) mass is 462 g/mol. The molecular formula is C20H30N8O5. The summed E-state index contributed by atoms with van der Waals surface area (Å²) in [6, 6.07) is -2.99. The van der Waals surface area contributed by atoms with Crippen LogP contribution in [0.2, 0.25) is 0 Å². The van der Waals surface area contributed by atoms with Crippen LogP contribution in [0.25, 0.3) is 0 Å². The standard InChI is InChI=1S/C20H30N8O5/c1-11(2)3-15(28-18(30)14(21)4-12-6-22-9-25-12)19(31)24-8-17(29)27-16(20(32)33)5-13-7-23-10-26-13/h6-7,9-11,14-16H,3-5,8,21H2,1-2H3,(H,22,25)(H,23,26)(H,24,31)(H,27,29)(H,28,30)(H,32,33). The fraction of sp³-hybridized carbons (Fsp3) is 0.500. The largest absolute Gasteiger partial charge is 0.480 e. The van der Waals surface area contributed by atoms with Gasteiger partial charge in [-0.25, -0.2) is 14.8 Å². The highest BCUT2D eigenvalue weighted by Crippen LogP contribution is 2.06. The van der Waals surface area contributed by atoms with E-state index in [-0.39, 0.29) is 18.8 Å². The maximum atomic E-state index is 12.6. The van der Waals surface area contributed by atoms with Gasteiger partial charge in [0.2, 0.25) is 17.7 Å². The Morgan fingerprint density at radius 3 is 2.09 bits per heavy atom. The Labute approximate surface area is 190 Å². The normalized spacial score (nSPS) is 13.7. The second kappa shape index (κ2) is 12.3. The molecule has 0 spiro atoms. The van der Waals surface area contributed by atoms with E-state index in [0.29, 0.717) is 17.8 Å². The van der Waals surface area contributed by atoms with Gasteiger partial charge in [0, 0.05) is 36.6 Å². The van der Waals surface area contributed by atoms with Gasteiger partial charge in [-0.05, 0) is 12.3 Å². The van der Waals surface area contributed by atoms with Crippen LogP contribution in [0.15, 0.2) is 25.0 Å². The number of amides is 3. The number of aromatic nitrogens is 4.